The first-order valence-electron chi connectivity index (χ1n) is 5.54. The Hall–Kier alpha value is -2.17. The Morgan fingerprint density at radius 2 is 1.78 bits per heavy atom. The van der Waals surface area contributed by atoms with Crippen LogP contribution < -0.4 is 5.32 Å². The normalized spacial score (nSPS) is 11.7. The van der Waals surface area contributed by atoms with Gasteiger partial charge < -0.3 is 10.4 Å². The molecule has 0 aromatic heterocycles. The van der Waals surface area contributed by atoms with Gasteiger partial charge in [-0.15, -0.1) is 0 Å². The molecule has 1 amide bonds. The van der Waals surface area contributed by atoms with Gasteiger partial charge in [0.25, 0.3) is 0 Å². The van der Waals surface area contributed by atoms with Crippen LogP contribution in [0, 0.1) is 5.92 Å². The van der Waals surface area contributed by atoms with Gasteiger partial charge in [0, 0.05) is 24.1 Å². The molecule has 5 heteroatoms. The highest BCUT2D eigenvalue weighted by Gasteiger charge is 2.17. The van der Waals surface area contributed by atoms with Crippen LogP contribution in [0.3, 0.4) is 0 Å². The van der Waals surface area contributed by atoms with E-state index in [2.05, 4.69) is 5.32 Å². The van der Waals surface area contributed by atoms with Crippen molar-refractivity contribution in [2.24, 2.45) is 5.92 Å². The van der Waals surface area contributed by atoms with E-state index in [1.54, 1.807) is 31.2 Å². The van der Waals surface area contributed by atoms with Gasteiger partial charge in [-0.1, -0.05) is 6.92 Å². The summed E-state index contributed by atoms with van der Waals surface area (Å²) in [4.78, 5) is 33.2. The van der Waals surface area contributed by atoms with Crippen molar-refractivity contribution in [1.82, 2.24) is 0 Å². The number of nitrogens with one attached hydrogen (secondary N) is 1. The fourth-order valence-corrected chi connectivity index (χ4v) is 1.56. The monoisotopic (exact) mass is 249 g/mol. The summed E-state index contributed by atoms with van der Waals surface area (Å²) >= 11 is 0. The Bertz CT molecular complexity index is 464. The van der Waals surface area contributed by atoms with Gasteiger partial charge in [0.15, 0.2) is 5.78 Å². The summed E-state index contributed by atoms with van der Waals surface area (Å²) in [5, 5.41) is 11.2. The summed E-state index contributed by atoms with van der Waals surface area (Å²) < 4.78 is 0. The number of benzene rings is 1. The van der Waals surface area contributed by atoms with E-state index < -0.39 is 11.9 Å². The van der Waals surface area contributed by atoms with E-state index in [0.717, 1.165) is 0 Å². The highest BCUT2D eigenvalue weighted by molar-refractivity contribution is 5.99. The van der Waals surface area contributed by atoms with E-state index in [1.807, 2.05) is 0 Å². The van der Waals surface area contributed by atoms with Gasteiger partial charge in [-0.25, -0.2) is 0 Å². The van der Waals surface area contributed by atoms with Crippen LogP contribution in [0.2, 0.25) is 0 Å². The number of hydrogen-bond donors (Lipinski definition) is 2. The van der Waals surface area contributed by atoms with Crippen molar-refractivity contribution in [3.8, 4) is 0 Å². The number of ketones is 1. The van der Waals surface area contributed by atoms with Gasteiger partial charge in [0.2, 0.25) is 5.91 Å². The van der Waals surface area contributed by atoms with Crippen LogP contribution in [0.25, 0.3) is 0 Å². The minimum atomic E-state index is -0.995. The maximum absolute atomic E-state index is 11.9. The van der Waals surface area contributed by atoms with Gasteiger partial charge in [0.05, 0.1) is 6.42 Å². The predicted octanol–water partition coefficient (Wildman–Crippen LogP) is 1.94. The van der Waals surface area contributed by atoms with Crippen LogP contribution in [0.5, 0.6) is 0 Å². The lowest BCUT2D eigenvalue weighted by Gasteiger charge is -2.08. The number of hydrogen-bond acceptors (Lipinski definition) is 3. The molecule has 0 unspecified atom stereocenters. The molecule has 0 bridgehead atoms. The Labute approximate surface area is 105 Å². The van der Waals surface area contributed by atoms with Crippen molar-refractivity contribution in [3.05, 3.63) is 29.8 Å². The van der Waals surface area contributed by atoms with Crippen LogP contribution >= 0.6 is 0 Å². The topological polar surface area (TPSA) is 83.5 Å². The number of carbonyl (C=O) groups excluding carboxylic acids is 2. The van der Waals surface area contributed by atoms with Crippen LogP contribution in [0.4, 0.5) is 5.69 Å². The zero-order valence-electron chi connectivity index (χ0n) is 10.3. The second kappa shape index (κ2) is 5.95. The molecule has 0 aliphatic rings. The summed E-state index contributed by atoms with van der Waals surface area (Å²) in [5.74, 6) is -1.96. The molecule has 0 aliphatic heterocycles. The van der Waals surface area contributed by atoms with Gasteiger partial charge in [-0.3, -0.25) is 14.4 Å². The average molecular weight is 249 g/mol. The lowest BCUT2D eigenvalue weighted by Crippen LogP contribution is -2.15. The van der Waals surface area contributed by atoms with E-state index in [-0.39, 0.29) is 18.1 Å². The first-order valence-corrected chi connectivity index (χ1v) is 5.54. The third-order valence-electron chi connectivity index (χ3n) is 2.42. The molecule has 0 spiro atoms. The molecule has 0 radical (unpaired) electrons. The number of carbonyl (C=O) groups is 3. The Kier molecular flexibility index (Phi) is 4.59. The molecule has 0 saturated carbocycles. The van der Waals surface area contributed by atoms with Crippen molar-refractivity contribution in [2.45, 2.75) is 20.3 Å². The molecular weight excluding hydrogens is 234 g/mol. The summed E-state index contributed by atoms with van der Waals surface area (Å²) in [7, 11) is 0. The third-order valence-corrected chi connectivity index (χ3v) is 2.42. The number of carboxylic acid groups (broad SMARTS) is 1. The minimum absolute atomic E-state index is 0.187. The average Bonchev–Trinajstić information content (AvgIpc) is 2.27. The first-order chi connectivity index (χ1) is 8.40. The second-order valence-electron chi connectivity index (χ2n) is 4.12. The van der Waals surface area contributed by atoms with Crippen molar-refractivity contribution < 1.29 is 19.5 Å². The minimum Gasteiger partial charge on any atom is -0.481 e. The Balaban J connectivity index is 2.75. The molecule has 0 saturated heterocycles. The fraction of sp³-hybridized carbons (Fsp3) is 0.308. The van der Waals surface area contributed by atoms with E-state index >= 15 is 0 Å². The van der Waals surface area contributed by atoms with Crippen molar-refractivity contribution >= 4 is 23.3 Å². The van der Waals surface area contributed by atoms with Crippen molar-refractivity contribution in [2.75, 3.05) is 5.32 Å². The second-order valence-corrected chi connectivity index (χ2v) is 4.12. The highest BCUT2D eigenvalue weighted by atomic mass is 16.4. The number of aliphatic carboxylic acids is 1. The molecule has 18 heavy (non-hydrogen) atoms. The van der Waals surface area contributed by atoms with Crippen LogP contribution in [-0.4, -0.2) is 22.8 Å². The summed E-state index contributed by atoms with van der Waals surface area (Å²) in [6.45, 7) is 2.98. The van der Waals surface area contributed by atoms with E-state index in [9.17, 15) is 14.4 Å². The van der Waals surface area contributed by atoms with Crippen molar-refractivity contribution in [1.29, 1.82) is 0 Å². The molecule has 5 nitrogen and oxygen atoms in total. The van der Waals surface area contributed by atoms with Crippen LogP contribution in [0.15, 0.2) is 24.3 Å². The van der Waals surface area contributed by atoms with Crippen molar-refractivity contribution in [3.63, 3.8) is 0 Å². The SMILES string of the molecule is CC(=O)Nc1ccc(C(=O)[C@H](C)CC(=O)O)cc1. The van der Waals surface area contributed by atoms with Gasteiger partial charge in [-0.05, 0) is 24.3 Å². The van der Waals surface area contributed by atoms with Crippen LogP contribution in [0.1, 0.15) is 30.6 Å². The molecule has 0 aliphatic carbocycles. The van der Waals surface area contributed by atoms with E-state index in [4.69, 9.17) is 5.11 Å². The zero-order valence-corrected chi connectivity index (χ0v) is 10.3. The summed E-state index contributed by atoms with van der Waals surface area (Å²) in [6.07, 6.45) is -0.188. The molecular formula is C13H15NO4. The lowest BCUT2D eigenvalue weighted by atomic mass is 9.96. The van der Waals surface area contributed by atoms with E-state index in [0.29, 0.717) is 11.3 Å². The number of Topliss-reactive ketones (excluding diaryl/α,β-unsaturated/α-hetero) is 1. The summed E-state index contributed by atoms with van der Waals surface area (Å²) in [5.41, 5.74) is 1.04. The molecule has 2 N–H and O–H groups in total. The zero-order chi connectivity index (χ0) is 13.7. The first kappa shape index (κ1) is 13.9. The molecule has 1 atom stereocenters. The summed E-state index contributed by atoms with van der Waals surface area (Å²) in [6, 6.07) is 6.38. The maximum atomic E-state index is 11.9. The van der Waals surface area contributed by atoms with Gasteiger partial charge >= 0.3 is 5.97 Å². The smallest absolute Gasteiger partial charge is 0.304 e. The Morgan fingerprint density at radius 1 is 1.22 bits per heavy atom. The molecule has 96 valence electrons. The number of anilines is 1. The number of amides is 1. The standard InChI is InChI=1S/C13H15NO4/c1-8(7-12(16)17)13(18)10-3-5-11(6-4-10)14-9(2)15/h3-6,8H,7H2,1-2H3,(H,14,15)(H,16,17)/t8-/m1/s1. The van der Waals surface area contributed by atoms with Gasteiger partial charge in [0.1, 0.15) is 0 Å². The van der Waals surface area contributed by atoms with Gasteiger partial charge in [-0.2, -0.15) is 0 Å². The largest absolute Gasteiger partial charge is 0.481 e. The fourth-order valence-electron chi connectivity index (χ4n) is 1.56. The van der Waals surface area contributed by atoms with Crippen LogP contribution in [-0.2, 0) is 9.59 Å². The molecule has 0 heterocycles. The molecule has 0 fully saturated rings. The highest BCUT2D eigenvalue weighted by Crippen LogP contribution is 2.15. The Morgan fingerprint density at radius 3 is 2.22 bits per heavy atom. The van der Waals surface area contributed by atoms with E-state index in [1.165, 1.54) is 6.92 Å². The number of carboxylic acids is 1. The molecule has 1 aromatic rings. The number of rotatable bonds is 5. The molecule has 1 rings (SSSR count). The maximum Gasteiger partial charge on any atom is 0.304 e. The third kappa shape index (κ3) is 4.01. The lowest BCUT2D eigenvalue weighted by molar-refractivity contribution is -0.137. The quantitative estimate of drug-likeness (QED) is 0.781. The molecule has 1 aromatic carbocycles. The predicted molar refractivity (Wildman–Crippen MR) is 66.5 cm³/mol.